The summed E-state index contributed by atoms with van der Waals surface area (Å²) < 4.78 is 0. The molecule has 0 aliphatic carbocycles. The third-order valence-electron chi connectivity index (χ3n) is 2.30. The second-order valence-corrected chi connectivity index (χ2v) is 4.91. The molecule has 1 aromatic carbocycles. The van der Waals surface area contributed by atoms with E-state index in [-0.39, 0.29) is 5.78 Å². The number of hydrogen-bond donors (Lipinski definition) is 1. The lowest BCUT2D eigenvalue weighted by Gasteiger charge is -2.17. The number of hydrogen-bond acceptors (Lipinski definition) is 2. The van der Waals surface area contributed by atoms with Crippen LogP contribution in [0.3, 0.4) is 0 Å². The predicted molar refractivity (Wildman–Crippen MR) is 63.1 cm³/mol. The second-order valence-electron chi connectivity index (χ2n) is 4.91. The van der Waals surface area contributed by atoms with Crippen molar-refractivity contribution in [2.45, 2.75) is 39.7 Å². The van der Waals surface area contributed by atoms with Gasteiger partial charge in [0.05, 0.1) is 0 Å². The molecule has 2 heteroatoms. The van der Waals surface area contributed by atoms with Crippen LogP contribution in [-0.2, 0) is 0 Å². The summed E-state index contributed by atoms with van der Waals surface area (Å²) in [6, 6.07) is 5.87. The summed E-state index contributed by atoms with van der Waals surface area (Å²) >= 11 is 0. The van der Waals surface area contributed by atoms with Gasteiger partial charge in [-0.15, -0.1) is 0 Å². The summed E-state index contributed by atoms with van der Waals surface area (Å²) in [4.78, 5) is 11.9. The van der Waals surface area contributed by atoms with Crippen LogP contribution in [0.5, 0.6) is 0 Å². The molecule has 0 saturated heterocycles. The van der Waals surface area contributed by atoms with Gasteiger partial charge in [0.1, 0.15) is 0 Å². The molecule has 2 N–H and O–H groups in total. The Morgan fingerprint density at radius 2 is 1.93 bits per heavy atom. The molecule has 0 amide bonds. The molecular formula is C13H19NO. The average Bonchev–Trinajstić information content (AvgIpc) is 1.99. The maximum absolute atomic E-state index is 11.9. The van der Waals surface area contributed by atoms with E-state index in [1.165, 1.54) is 5.56 Å². The lowest BCUT2D eigenvalue weighted by Crippen LogP contribution is -2.34. The quantitative estimate of drug-likeness (QED) is 0.771. The second kappa shape index (κ2) is 4.15. The van der Waals surface area contributed by atoms with Crippen LogP contribution < -0.4 is 5.73 Å². The molecule has 0 bridgehead atoms. The largest absolute Gasteiger partial charge is 0.325 e. The number of rotatable bonds is 3. The summed E-state index contributed by atoms with van der Waals surface area (Å²) in [5.74, 6) is 0.125. The van der Waals surface area contributed by atoms with Gasteiger partial charge in [-0.25, -0.2) is 0 Å². The molecule has 0 spiro atoms. The van der Waals surface area contributed by atoms with Crippen LogP contribution in [0.15, 0.2) is 18.2 Å². The number of benzene rings is 1. The molecule has 0 saturated carbocycles. The smallest absolute Gasteiger partial charge is 0.164 e. The van der Waals surface area contributed by atoms with Crippen LogP contribution in [0.4, 0.5) is 0 Å². The molecule has 0 aliphatic rings. The van der Waals surface area contributed by atoms with Gasteiger partial charge in [0, 0.05) is 17.5 Å². The lowest BCUT2D eigenvalue weighted by atomic mass is 9.93. The van der Waals surface area contributed by atoms with Crippen molar-refractivity contribution in [3.8, 4) is 0 Å². The highest BCUT2D eigenvalue weighted by Crippen LogP contribution is 2.16. The van der Waals surface area contributed by atoms with Crippen molar-refractivity contribution >= 4 is 5.78 Å². The Kier molecular flexibility index (Phi) is 3.30. The van der Waals surface area contributed by atoms with Crippen molar-refractivity contribution in [2.24, 2.45) is 5.73 Å². The summed E-state index contributed by atoms with van der Waals surface area (Å²) in [7, 11) is 0. The van der Waals surface area contributed by atoms with Crippen LogP contribution in [0, 0.1) is 13.8 Å². The van der Waals surface area contributed by atoms with Gasteiger partial charge in [-0.1, -0.05) is 23.8 Å². The molecule has 82 valence electrons. The summed E-state index contributed by atoms with van der Waals surface area (Å²) in [5, 5.41) is 0. The molecule has 0 aromatic heterocycles. The minimum Gasteiger partial charge on any atom is -0.325 e. The van der Waals surface area contributed by atoms with E-state index >= 15 is 0 Å². The standard InChI is InChI=1S/C13H19NO/c1-9-5-6-11(10(2)7-9)12(15)8-13(3,4)14/h5-7H,8,14H2,1-4H3. The van der Waals surface area contributed by atoms with Gasteiger partial charge in [-0.05, 0) is 33.3 Å². The highest BCUT2D eigenvalue weighted by atomic mass is 16.1. The topological polar surface area (TPSA) is 43.1 Å². The number of carbonyl (C=O) groups is 1. The molecule has 0 heterocycles. The first-order valence-corrected chi connectivity index (χ1v) is 5.19. The first-order chi connectivity index (χ1) is 6.79. The Morgan fingerprint density at radius 3 is 2.40 bits per heavy atom. The first kappa shape index (κ1) is 11.9. The van der Waals surface area contributed by atoms with Crippen molar-refractivity contribution in [1.29, 1.82) is 0 Å². The van der Waals surface area contributed by atoms with Gasteiger partial charge in [0.15, 0.2) is 5.78 Å². The Hall–Kier alpha value is -1.15. The van der Waals surface area contributed by atoms with E-state index in [4.69, 9.17) is 5.73 Å². The third-order valence-corrected chi connectivity index (χ3v) is 2.30. The van der Waals surface area contributed by atoms with Gasteiger partial charge in [-0.3, -0.25) is 4.79 Å². The van der Waals surface area contributed by atoms with Crippen molar-refractivity contribution in [3.05, 3.63) is 34.9 Å². The fourth-order valence-corrected chi connectivity index (χ4v) is 1.64. The normalized spacial score (nSPS) is 11.5. The number of Topliss-reactive ketones (excluding diaryl/α,β-unsaturated/α-hetero) is 1. The molecule has 15 heavy (non-hydrogen) atoms. The first-order valence-electron chi connectivity index (χ1n) is 5.19. The van der Waals surface area contributed by atoms with Crippen molar-refractivity contribution < 1.29 is 4.79 Å². The molecule has 0 unspecified atom stereocenters. The van der Waals surface area contributed by atoms with Crippen LogP contribution >= 0.6 is 0 Å². The Morgan fingerprint density at radius 1 is 1.33 bits per heavy atom. The van der Waals surface area contributed by atoms with E-state index in [9.17, 15) is 4.79 Å². The minimum atomic E-state index is -0.436. The summed E-state index contributed by atoms with van der Waals surface area (Å²) in [6.45, 7) is 7.72. The molecule has 0 atom stereocenters. The summed E-state index contributed by atoms with van der Waals surface area (Å²) in [5.41, 5.74) is 8.40. The van der Waals surface area contributed by atoms with Crippen LogP contribution in [-0.4, -0.2) is 11.3 Å². The summed E-state index contributed by atoms with van der Waals surface area (Å²) in [6.07, 6.45) is 0.386. The van der Waals surface area contributed by atoms with Gasteiger partial charge < -0.3 is 5.73 Å². The Bertz CT molecular complexity index is 375. The molecule has 2 nitrogen and oxygen atoms in total. The van der Waals surface area contributed by atoms with Crippen molar-refractivity contribution in [3.63, 3.8) is 0 Å². The molecule has 1 rings (SSSR count). The van der Waals surface area contributed by atoms with E-state index in [2.05, 4.69) is 0 Å². The molecule has 0 aliphatic heterocycles. The molecule has 0 radical (unpaired) electrons. The van der Waals surface area contributed by atoms with Gasteiger partial charge in [-0.2, -0.15) is 0 Å². The van der Waals surface area contributed by atoms with Gasteiger partial charge in [0.25, 0.3) is 0 Å². The zero-order valence-corrected chi connectivity index (χ0v) is 9.92. The molecular weight excluding hydrogens is 186 g/mol. The Balaban J connectivity index is 2.92. The SMILES string of the molecule is Cc1ccc(C(=O)CC(C)(C)N)c(C)c1. The minimum absolute atomic E-state index is 0.125. The van der Waals surface area contributed by atoms with E-state index in [0.717, 1.165) is 11.1 Å². The van der Waals surface area contributed by atoms with Gasteiger partial charge in [0.2, 0.25) is 0 Å². The van der Waals surface area contributed by atoms with Crippen LogP contribution in [0.2, 0.25) is 0 Å². The maximum atomic E-state index is 11.9. The monoisotopic (exact) mass is 205 g/mol. The van der Waals surface area contributed by atoms with Crippen molar-refractivity contribution in [2.75, 3.05) is 0 Å². The highest BCUT2D eigenvalue weighted by molar-refractivity contribution is 5.98. The molecule has 1 aromatic rings. The fourth-order valence-electron chi connectivity index (χ4n) is 1.64. The molecule has 0 fully saturated rings. The zero-order valence-electron chi connectivity index (χ0n) is 9.92. The number of ketones is 1. The van der Waals surface area contributed by atoms with Crippen molar-refractivity contribution in [1.82, 2.24) is 0 Å². The van der Waals surface area contributed by atoms with E-state index < -0.39 is 5.54 Å². The maximum Gasteiger partial charge on any atom is 0.164 e. The fraction of sp³-hybridized carbons (Fsp3) is 0.462. The number of aryl methyl sites for hydroxylation is 2. The van der Waals surface area contributed by atoms with Gasteiger partial charge >= 0.3 is 0 Å². The van der Waals surface area contributed by atoms with E-state index in [0.29, 0.717) is 6.42 Å². The van der Waals surface area contributed by atoms with E-state index in [1.807, 2.05) is 45.9 Å². The average molecular weight is 205 g/mol. The zero-order chi connectivity index (χ0) is 11.6. The highest BCUT2D eigenvalue weighted by Gasteiger charge is 2.18. The van der Waals surface area contributed by atoms with Crippen LogP contribution in [0.1, 0.15) is 41.8 Å². The Labute approximate surface area is 91.5 Å². The van der Waals surface area contributed by atoms with Crippen LogP contribution in [0.25, 0.3) is 0 Å². The third kappa shape index (κ3) is 3.48. The predicted octanol–water partition coefficient (Wildman–Crippen LogP) is 2.61. The number of nitrogens with two attached hydrogens (primary N) is 1. The lowest BCUT2D eigenvalue weighted by molar-refractivity contribution is 0.0959. The number of carbonyl (C=O) groups excluding carboxylic acids is 1. The van der Waals surface area contributed by atoms with E-state index in [1.54, 1.807) is 0 Å².